The maximum absolute atomic E-state index is 11.8. The van der Waals surface area contributed by atoms with Crippen molar-refractivity contribution in [3.63, 3.8) is 0 Å². The number of carbonyl (C=O) groups is 1. The van der Waals surface area contributed by atoms with Gasteiger partial charge in [-0.25, -0.2) is 0 Å². The van der Waals surface area contributed by atoms with Crippen molar-refractivity contribution in [3.05, 3.63) is 34.9 Å². The molecule has 0 atom stereocenters. The molecule has 1 aliphatic carbocycles. The Morgan fingerprint density at radius 3 is 2.70 bits per heavy atom. The summed E-state index contributed by atoms with van der Waals surface area (Å²) in [7, 11) is 0. The summed E-state index contributed by atoms with van der Waals surface area (Å²) < 4.78 is 5.53. The van der Waals surface area contributed by atoms with Gasteiger partial charge in [-0.2, -0.15) is 0 Å². The molecule has 1 aromatic carbocycles. The van der Waals surface area contributed by atoms with Gasteiger partial charge in [-0.3, -0.25) is 4.79 Å². The third-order valence-electron chi connectivity index (χ3n) is 3.96. The zero-order chi connectivity index (χ0) is 14.4. The van der Waals surface area contributed by atoms with Crippen LogP contribution in [0.15, 0.2) is 18.2 Å². The Morgan fingerprint density at radius 1 is 1.25 bits per heavy atom. The summed E-state index contributed by atoms with van der Waals surface area (Å²) in [4.78, 5) is 11.8. The number of hydrogen-bond acceptors (Lipinski definition) is 2. The molecule has 1 aromatic rings. The molecule has 1 aliphatic rings. The molecule has 1 amide bonds. The normalized spacial score (nSPS) is 16.1. The Hall–Kier alpha value is -1.35. The Balaban J connectivity index is 1.70. The predicted molar refractivity (Wildman–Crippen MR) is 80.6 cm³/mol. The van der Waals surface area contributed by atoms with Crippen molar-refractivity contribution in [1.29, 1.82) is 0 Å². The average Bonchev–Trinajstić information content (AvgIpc) is 2.42. The van der Waals surface area contributed by atoms with Crippen molar-refractivity contribution in [1.82, 2.24) is 5.32 Å². The second-order valence-electron chi connectivity index (χ2n) is 5.83. The SMILES string of the molecule is Cc1ccc(COCC(=O)NC2CCCCC2)c(C)c1. The Bertz CT molecular complexity index is 450. The molecule has 3 nitrogen and oxygen atoms in total. The number of aryl methyl sites for hydroxylation is 2. The maximum Gasteiger partial charge on any atom is 0.246 e. The summed E-state index contributed by atoms with van der Waals surface area (Å²) in [5, 5.41) is 3.06. The van der Waals surface area contributed by atoms with E-state index in [1.807, 2.05) is 0 Å². The van der Waals surface area contributed by atoms with E-state index in [1.165, 1.54) is 30.4 Å². The molecule has 1 fully saturated rings. The molecule has 20 heavy (non-hydrogen) atoms. The lowest BCUT2D eigenvalue weighted by atomic mass is 9.95. The Kier molecular flexibility index (Phi) is 5.60. The molecule has 0 heterocycles. The van der Waals surface area contributed by atoms with Gasteiger partial charge in [-0.15, -0.1) is 0 Å². The van der Waals surface area contributed by atoms with Gasteiger partial charge in [-0.1, -0.05) is 43.0 Å². The molecular formula is C17H25NO2. The molecule has 2 rings (SSSR count). The van der Waals surface area contributed by atoms with Crippen molar-refractivity contribution < 1.29 is 9.53 Å². The van der Waals surface area contributed by atoms with Crippen molar-refractivity contribution in [3.8, 4) is 0 Å². The molecule has 1 saturated carbocycles. The number of carbonyl (C=O) groups excluding carboxylic acids is 1. The number of benzene rings is 1. The standard InChI is InChI=1S/C17H25NO2/c1-13-8-9-15(14(2)10-13)11-20-12-17(19)18-16-6-4-3-5-7-16/h8-10,16H,3-7,11-12H2,1-2H3,(H,18,19). The smallest absolute Gasteiger partial charge is 0.246 e. The molecule has 110 valence electrons. The summed E-state index contributed by atoms with van der Waals surface area (Å²) in [5.41, 5.74) is 3.63. The lowest BCUT2D eigenvalue weighted by Crippen LogP contribution is -2.38. The van der Waals surface area contributed by atoms with Gasteiger partial charge in [0.05, 0.1) is 6.61 Å². The lowest BCUT2D eigenvalue weighted by Gasteiger charge is -2.22. The van der Waals surface area contributed by atoms with E-state index in [0.717, 1.165) is 18.4 Å². The topological polar surface area (TPSA) is 38.3 Å². The van der Waals surface area contributed by atoms with E-state index in [0.29, 0.717) is 12.6 Å². The van der Waals surface area contributed by atoms with Crippen LogP contribution in [0.4, 0.5) is 0 Å². The molecule has 0 spiro atoms. The molecular weight excluding hydrogens is 250 g/mol. The number of amides is 1. The zero-order valence-corrected chi connectivity index (χ0v) is 12.6. The van der Waals surface area contributed by atoms with Gasteiger partial charge in [-0.05, 0) is 37.8 Å². The minimum Gasteiger partial charge on any atom is -0.367 e. The molecule has 0 aromatic heterocycles. The fourth-order valence-electron chi connectivity index (χ4n) is 2.78. The van der Waals surface area contributed by atoms with Gasteiger partial charge in [0.15, 0.2) is 0 Å². The number of ether oxygens (including phenoxy) is 1. The number of nitrogens with one attached hydrogen (secondary N) is 1. The third kappa shape index (κ3) is 4.64. The summed E-state index contributed by atoms with van der Waals surface area (Å²) in [5.74, 6) is 0.0154. The second kappa shape index (κ2) is 7.44. The first-order valence-corrected chi connectivity index (χ1v) is 7.58. The Labute approximate surface area is 121 Å². The van der Waals surface area contributed by atoms with E-state index in [9.17, 15) is 4.79 Å². The van der Waals surface area contributed by atoms with Crippen LogP contribution in [-0.4, -0.2) is 18.6 Å². The highest BCUT2D eigenvalue weighted by molar-refractivity contribution is 5.77. The van der Waals surface area contributed by atoms with Crippen molar-refractivity contribution in [2.45, 2.75) is 58.6 Å². The van der Waals surface area contributed by atoms with Crippen molar-refractivity contribution in [2.24, 2.45) is 0 Å². The molecule has 0 aliphatic heterocycles. The highest BCUT2D eigenvalue weighted by Crippen LogP contribution is 2.17. The summed E-state index contributed by atoms with van der Waals surface area (Å²) in [6.45, 7) is 4.82. The van der Waals surface area contributed by atoms with E-state index in [-0.39, 0.29) is 12.5 Å². The van der Waals surface area contributed by atoms with Crippen LogP contribution in [0.3, 0.4) is 0 Å². The number of rotatable bonds is 5. The van der Waals surface area contributed by atoms with E-state index in [2.05, 4.69) is 37.4 Å². The first-order valence-electron chi connectivity index (χ1n) is 7.58. The minimum absolute atomic E-state index is 0.0154. The van der Waals surface area contributed by atoms with E-state index >= 15 is 0 Å². The molecule has 0 saturated heterocycles. The quantitative estimate of drug-likeness (QED) is 0.895. The van der Waals surface area contributed by atoms with Crippen LogP contribution in [-0.2, 0) is 16.1 Å². The predicted octanol–water partition coefficient (Wildman–Crippen LogP) is 3.27. The molecule has 0 radical (unpaired) electrons. The first-order chi connectivity index (χ1) is 9.65. The van der Waals surface area contributed by atoms with Gasteiger partial charge in [0, 0.05) is 6.04 Å². The Morgan fingerprint density at radius 2 is 2.00 bits per heavy atom. The van der Waals surface area contributed by atoms with E-state index in [1.54, 1.807) is 0 Å². The van der Waals surface area contributed by atoms with Crippen LogP contribution in [0.5, 0.6) is 0 Å². The van der Waals surface area contributed by atoms with Crippen molar-refractivity contribution in [2.75, 3.05) is 6.61 Å². The van der Waals surface area contributed by atoms with Gasteiger partial charge in [0.2, 0.25) is 5.91 Å². The van der Waals surface area contributed by atoms with Crippen LogP contribution >= 0.6 is 0 Å². The largest absolute Gasteiger partial charge is 0.367 e. The van der Waals surface area contributed by atoms with Crippen LogP contribution in [0.25, 0.3) is 0 Å². The van der Waals surface area contributed by atoms with E-state index in [4.69, 9.17) is 4.74 Å². The van der Waals surface area contributed by atoms with Gasteiger partial charge in [0.1, 0.15) is 6.61 Å². The van der Waals surface area contributed by atoms with Crippen LogP contribution in [0.1, 0.15) is 48.8 Å². The lowest BCUT2D eigenvalue weighted by molar-refractivity contribution is -0.127. The first kappa shape index (κ1) is 15.0. The fourth-order valence-corrected chi connectivity index (χ4v) is 2.78. The van der Waals surface area contributed by atoms with Gasteiger partial charge < -0.3 is 10.1 Å². The third-order valence-corrected chi connectivity index (χ3v) is 3.96. The van der Waals surface area contributed by atoms with Gasteiger partial charge in [0.25, 0.3) is 0 Å². The van der Waals surface area contributed by atoms with Crippen molar-refractivity contribution >= 4 is 5.91 Å². The summed E-state index contributed by atoms with van der Waals surface area (Å²) in [6, 6.07) is 6.65. The average molecular weight is 275 g/mol. The van der Waals surface area contributed by atoms with E-state index < -0.39 is 0 Å². The van der Waals surface area contributed by atoms with Gasteiger partial charge >= 0.3 is 0 Å². The monoisotopic (exact) mass is 275 g/mol. The highest BCUT2D eigenvalue weighted by Gasteiger charge is 2.15. The summed E-state index contributed by atoms with van der Waals surface area (Å²) in [6.07, 6.45) is 5.99. The molecule has 0 bridgehead atoms. The van der Waals surface area contributed by atoms with Crippen LogP contribution in [0.2, 0.25) is 0 Å². The minimum atomic E-state index is 0.0154. The molecule has 0 unspecified atom stereocenters. The molecule has 1 N–H and O–H groups in total. The summed E-state index contributed by atoms with van der Waals surface area (Å²) >= 11 is 0. The maximum atomic E-state index is 11.8. The zero-order valence-electron chi connectivity index (χ0n) is 12.6. The molecule has 3 heteroatoms. The highest BCUT2D eigenvalue weighted by atomic mass is 16.5. The van der Waals surface area contributed by atoms with Crippen LogP contribution in [0, 0.1) is 13.8 Å². The van der Waals surface area contributed by atoms with Crippen LogP contribution < -0.4 is 5.32 Å². The fraction of sp³-hybridized carbons (Fsp3) is 0.588. The second-order valence-corrected chi connectivity index (χ2v) is 5.83. The number of hydrogen-bond donors (Lipinski definition) is 1.